The van der Waals surface area contributed by atoms with Crippen LogP contribution < -0.4 is 5.56 Å². The fourth-order valence-electron chi connectivity index (χ4n) is 1.38. The van der Waals surface area contributed by atoms with Gasteiger partial charge in [-0.15, -0.1) is 0 Å². The summed E-state index contributed by atoms with van der Waals surface area (Å²) in [5, 5.41) is 0.642. The maximum absolute atomic E-state index is 11.0. The van der Waals surface area contributed by atoms with E-state index in [1.165, 1.54) is 24.0 Å². The Balaban J connectivity index is 1.73. The van der Waals surface area contributed by atoms with Gasteiger partial charge in [0.25, 0.3) is 5.56 Å². The van der Waals surface area contributed by atoms with Crippen molar-refractivity contribution in [1.29, 1.82) is 0 Å². The summed E-state index contributed by atoms with van der Waals surface area (Å²) < 4.78 is 10.8. The summed E-state index contributed by atoms with van der Waals surface area (Å²) in [5.74, 6) is 0.817. The number of nitrogens with one attached hydrogen (secondary N) is 1. The van der Waals surface area contributed by atoms with Gasteiger partial charge >= 0.3 is 0 Å². The Bertz CT molecular complexity index is 376. The first-order valence-electron chi connectivity index (χ1n) is 5.26. The molecule has 1 aromatic heterocycles. The lowest BCUT2D eigenvalue weighted by Gasteiger charge is -2.22. The molecule has 1 N–H and O–H groups in total. The van der Waals surface area contributed by atoms with Gasteiger partial charge in [0, 0.05) is 24.4 Å². The van der Waals surface area contributed by atoms with Crippen molar-refractivity contribution < 1.29 is 9.47 Å². The minimum atomic E-state index is -0.123. The molecule has 0 radical (unpaired) electrons. The first-order valence-corrected chi connectivity index (χ1v) is 6.24. The van der Waals surface area contributed by atoms with Crippen molar-refractivity contribution in [2.75, 3.05) is 19.0 Å². The maximum atomic E-state index is 11.0. The average Bonchev–Trinajstić information content (AvgIpc) is 2.30. The van der Waals surface area contributed by atoms with Crippen molar-refractivity contribution in [3.63, 3.8) is 0 Å². The lowest BCUT2D eigenvalue weighted by molar-refractivity contribution is -0.178. The third-order valence-electron chi connectivity index (χ3n) is 2.14. The quantitative estimate of drug-likeness (QED) is 0.630. The third kappa shape index (κ3) is 3.62. The van der Waals surface area contributed by atoms with Gasteiger partial charge in [0.05, 0.1) is 13.2 Å². The van der Waals surface area contributed by atoms with E-state index >= 15 is 0 Å². The van der Waals surface area contributed by atoms with Crippen LogP contribution in [-0.4, -0.2) is 35.2 Å². The van der Waals surface area contributed by atoms with Crippen LogP contribution in [-0.2, 0) is 9.47 Å². The Hall–Kier alpha value is -0.850. The number of hydrogen-bond acceptors (Lipinski definition) is 5. The number of aromatic amines is 1. The van der Waals surface area contributed by atoms with Gasteiger partial charge in [-0.3, -0.25) is 4.79 Å². The van der Waals surface area contributed by atoms with Crippen LogP contribution in [0.25, 0.3) is 0 Å². The average molecular weight is 242 g/mol. The Morgan fingerprint density at radius 3 is 3.06 bits per heavy atom. The highest BCUT2D eigenvalue weighted by molar-refractivity contribution is 7.99. The highest BCUT2D eigenvalue weighted by Crippen LogP contribution is 2.16. The monoisotopic (exact) mass is 242 g/mol. The van der Waals surface area contributed by atoms with Gasteiger partial charge in [-0.2, -0.15) is 0 Å². The van der Waals surface area contributed by atoms with E-state index in [9.17, 15) is 4.79 Å². The molecule has 6 heteroatoms. The van der Waals surface area contributed by atoms with E-state index in [1.54, 1.807) is 0 Å². The summed E-state index contributed by atoms with van der Waals surface area (Å²) in [7, 11) is 0. The molecule has 0 spiro atoms. The molecular formula is C10H14N2O3S. The fraction of sp³-hybridized carbons (Fsp3) is 0.600. The molecule has 0 amide bonds. The Labute approximate surface area is 97.6 Å². The number of H-pyrrole nitrogens is 1. The van der Waals surface area contributed by atoms with Crippen LogP contribution in [0.15, 0.2) is 22.2 Å². The second kappa shape index (κ2) is 6.03. The normalized spacial score (nSPS) is 17.5. The van der Waals surface area contributed by atoms with Gasteiger partial charge in [-0.25, -0.2) is 4.98 Å². The maximum Gasteiger partial charge on any atom is 0.251 e. The number of thioether (sulfide) groups is 1. The van der Waals surface area contributed by atoms with Crippen molar-refractivity contribution in [1.82, 2.24) is 9.97 Å². The van der Waals surface area contributed by atoms with Crippen LogP contribution in [0.3, 0.4) is 0 Å². The van der Waals surface area contributed by atoms with E-state index in [-0.39, 0.29) is 11.8 Å². The SMILES string of the molecule is O=c1ccnc(SCCC2OCCCO2)[nH]1. The molecule has 1 aliphatic rings. The first-order chi connectivity index (χ1) is 7.84. The van der Waals surface area contributed by atoms with Gasteiger partial charge in [0.15, 0.2) is 11.4 Å². The molecular weight excluding hydrogens is 228 g/mol. The van der Waals surface area contributed by atoms with Gasteiger partial charge < -0.3 is 14.5 Å². The zero-order valence-corrected chi connectivity index (χ0v) is 9.66. The lowest BCUT2D eigenvalue weighted by atomic mass is 10.4. The van der Waals surface area contributed by atoms with Gasteiger partial charge in [0.2, 0.25) is 0 Å². The molecule has 0 atom stereocenters. The van der Waals surface area contributed by atoms with Crippen LogP contribution in [0.2, 0.25) is 0 Å². The van der Waals surface area contributed by atoms with Gasteiger partial charge in [-0.05, 0) is 6.42 Å². The fourth-order valence-corrected chi connectivity index (χ4v) is 2.19. The van der Waals surface area contributed by atoms with Crippen molar-refractivity contribution in [2.24, 2.45) is 0 Å². The molecule has 0 aliphatic carbocycles. The van der Waals surface area contributed by atoms with Crippen molar-refractivity contribution in [2.45, 2.75) is 24.3 Å². The van der Waals surface area contributed by atoms with Crippen LogP contribution in [0.4, 0.5) is 0 Å². The predicted octanol–water partition coefficient (Wildman–Crippen LogP) is 1.02. The van der Waals surface area contributed by atoms with E-state index in [4.69, 9.17) is 9.47 Å². The zero-order chi connectivity index (χ0) is 11.2. The van der Waals surface area contributed by atoms with Crippen molar-refractivity contribution in [3.05, 3.63) is 22.6 Å². The molecule has 88 valence electrons. The summed E-state index contributed by atoms with van der Waals surface area (Å²) in [6, 6.07) is 1.40. The smallest absolute Gasteiger partial charge is 0.251 e. The largest absolute Gasteiger partial charge is 0.353 e. The minimum Gasteiger partial charge on any atom is -0.353 e. The summed E-state index contributed by atoms with van der Waals surface area (Å²) in [5.41, 5.74) is -0.123. The van der Waals surface area contributed by atoms with E-state index in [0.29, 0.717) is 5.16 Å². The molecule has 1 saturated heterocycles. The highest BCUT2D eigenvalue weighted by Gasteiger charge is 2.13. The molecule has 0 unspecified atom stereocenters. The molecule has 1 aromatic rings. The summed E-state index contributed by atoms with van der Waals surface area (Å²) in [6.45, 7) is 1.55. The van der Waals surface area contributed by atoms with Gasteiger partial charge in [0.1, 0.15) is 0 Å². The molecule has 0 bridgehead atoms. The molecule has 0 saturated carbocycles. The van der Waals surface area contributed by atoms with E-state index < -0.39 is 0 Å². The van der Waals surface area contributed by atoms with Crippen LogP contribution in [0.1, 0.15) is 12.8 Å². The Morgan fingerprint density at radius 1 is 1.50 bits per heavy atom. The molecule has 0 aromatic carbocycles. The molecule has 1 fully saturated rings. The van der Waals surface area contributed by atoms with E-state index in [2.05, 4.69) is 9.97 Å². The van der Waals surface area contributed by atoms with Crippen LogP contribution in [0.5, 0.6) is 0 Å². The number of aromatic nitrogens is 2. The lowest BCUT2D eigenvalue weighted by Crippen LogP contribution is -2.25. The van der Waals surface area contributed by atoms with E-state index in [1.807, 2.05) is 0 Å². The van der Waals surface area contributed by atoms with Crippen LogP contribution >= 0.6 is 11.8 Å². The topological polar surface area (TPSA) is 64.2 Å². The second-order valence-corrected chi connectivity index (χ2v) is 4.48. The molecule has 16 heavy (non-hydrogen) atoms. The molecule has 2 rings (SSSR count). The summed E-state index contributed by atoms with van der Waals surface area (Å²) in [4.78, 5) is 17.7. The van der Waals surface area contributed by atoms with Crippen molar-refractivity contribution in [3.8, 4) is 0 Å². The Kier molecular flexibility index (Phi) is 4.38. The molecule has 1 aliphatic heterocycles. The predicted molar refractivity (Wildman–Crippen MR) is 60.5 cm³/mol. The van der Waals surface area contributed by atoms with Crippen LogP contribution in [0, 0.1) is 0 Å². The first kappa shape index (κ1) is 11.6. The Morgan fingerprint density at radius 2 is 2.31 bits per heavy atom. The summed E-state index contributed by atoms with van der Waals surface area (Å²) >= 11 is 1.50. The second-order valence-electron chi connectivity index (χ2n) is 3.40. The zero-order valence-electron chi connectivity index (χ0n) is 8.85. The number of ether oxygens (including phenoxy) is 2. The number of nitrogens with zero attached hydrogens (tertiary/aromatic N) is 1. The molecule has 2 heterocycles. The van der Waals surface area contributed by atoms with Crippen molar-refractivity contribution >= 4 is 11.8 Å². The van der Waals surface area contributed by atoms with E-state index in [0.717, 1.165) is 31.8 Å². The standard InChI is InChI=1S/C10H14N2O3S/c13-8-2-4-11-10(12-8)16-7-3-9-14-5-1-6-15-9/h2,4,9H,1,3,5-7H2,(H,11,12,13). The minimum absolute atomic E-state index is 0.100. The third-order valence-corrected chi connectivity index (χ3v) is 3.06. The summed E-state index contributed by atoms with van der Waals surface area (Å²) in [6.07, 6.45) is 3.19. The number of rotatable bonds is 4. The van der Waals surface area contributed by atoms with Gasteiger partial charge in [-0.1, -0.05) is 11.8 Å². The highest BCUT2D eigenvalue weighted by atomic mass is 32.2. The molecule has 5 nitrogen and oxygen atoms in total. The number of hydrogen-bond donors (Lipinski definition) is 1.